The Balaban J connectivity index is 2.78. The third-order valence-electron chi connectivity index (χ3n) is 3.15. The predicted molar refractivity (Wildman–Crippen MR) is 73.6 cm³/mol. The van der Waals surface area contributed by atoms with E-state index in [4.69, 9.17) is 9.47 Å². The third kappa shape index (κ3) is 4.91. The van der Waals surface area contributed by atoms with Crippen LogP contribution in [0.5, 0.6) is 5.75 Å². The molecule has 0 bridgehead atoms. The maximum Gasteiger partial charge on any atom is 0.306 e. The second kappa shape index (κ2) is 8.19. The van der Waals surface area contributed by atoms with Gasteiger partial charge in [-0.3, -0.25) is 9.59 Å². The molecule has 1 unspecified atom stereocenters. The van der Waals surface area contributed by atoms with Crippen LogP contribution < -0.4 is 4.74 Å². The van der Waals surface area contributed by atoms with Gasteiger partial charge in [-0.15, -0.1) is 0 Å². The summed E-state index contributed by atoms with van der Waals surface area (Å²) in [6.07, 6.45) is 1.04. The average molecular weight is 280 g/mol. The third-order valence-corrected chi connectivity index (χ3v) is 3.15. The molecule has 1 atom stereocenters. The van der Waals surface area contributed by atoms with E-state index in [1.54, 1.807) is 7.11 Å². The van der Waals surface area contributed by atoms with Gasteiger partial charge < -0.3 is 14.2 Å². The van der Waals surface area contributed by atoms with Crippen LogP contribution in [0, 0.1) is 0 Å². The Kier molecular flexibility index (Phi) is 6.56. The highest BCUT2D eigenvalue weighted by atomic mass is 16.5. The van der Waals surface area contributed by atoms with E-state index in [0.29, 0.717) is 6.42 Å². The molecule has 0 aliphatic heterocycles. The topological polar surface area (TPSA) is 61.8 Å². The first kappa shape index (κ1) is 16.0. The predicted octanol–water partition coefficient (Wildman–Crippen LogP) is 2.30. The first-order valence-electron chi connectivity index (χ1n) is 6.38. The van der Waals surface area contributed by atoms with Gasteiger partial charge in [-0.1, -0.05) is 12.1 Å². The number of ether oxygens (including phenoxy) is 3. The van der Waals surface area contributed by atoms with E-state index in [9.17, 15) is 9.59 Å². The number of methoxy groups -OCH3 is 3. The number of carbonyl (C=O) groups excluding carboxylic acids is 2. The van der Waals surface area contributed by atoms with Crippen molar-refractivity contribution in [3.63, 3.8) is 0 Å². The second-order valence-electron chi connectivity index (χ2n) is 4.37. The molecule has 0 heterocycles. The lowest BCUT2D eigenvalue weighted by Crippen LogP contribution is -2.11. The highest BCUT2D eigenvalue weighted by Crippen LogP contribution is 2.27. The van der Waals surface area contributed by atoms with Crippen molar-refractivity contribution in [3.05, 3.63) is 29.8 Å². The molecule has 0 saturated carbocycles. The van der Waals surface area contributed by atoms with Gasteiger partial charge in [-0.25, -0.2) is 0 Å². The van der Waals surface area contributed by atoms with Crippen LogP contribution in [0.2, 0.25) is 0 Å². The lowest BCUT2D eigenvalue weighted by molar-refractivity contribution is -0.143. The molecule has 0 N–H and O–H groups in total. The van der Waals surface area contributed by atoms with Crippen LogP contribution in [0.4, 0.5) is 0 Å². The first-order valence-corrected chi connectivity index (χ1v) is 6.38. The quantitative estimate of drug-likeness (QED) is 0.717. The van der Waals surface area contributed by atoms with Crippen molar-refractivity contribution in [1.29, 1.82) is 0 Å². The molecule has 0 fully saturated rings. The fourth-order valence-electron chi connectivity index (χ4n) is 1.94. The standard InChI is InChI=1S/C15H20O5/c1-18-13-7-4-11(5-8-13)12(10-15(17)20-3)6-9-14(16)19-2/h4-5,7-8,12H,6,9-10H2,1-3H3. The van der Waals surface area contributed by atoms with Crippen molar-refractivity contribution in [1.82, 2.24) is 0 Å². The van der Waals surface area contributed by atoms with Crippen molar-refractivity contribution < 1.29 is 23.8 Å². The van der Waals surface area contributed by atoms with Gasteiger partial charge in [0.25, 0.3) is 0 Å². The number of esters is 2. The lowest BCUT2D eigenvalue weighted by Gasteiger charge is -2.16. The maximum absolute atomic E-state index is 11.5. The van der Waals surface area contributed by atoms with Crippen LogP contribution in [-0.2, 0) is 19.1 Å². The summed E-state index contributed by atoms with van der Waals surface area (Å²) in [7, 11) is 4.30. The van der Waals surface area contributed by atoms with Gasteiger partial charge in [0.05, 0.1) is 27.8 Å². The minimum atomic E-state index is -0.296. The van der Waals surface area contributed by atoms with Gasteiger partial charge in [-0.05, 0) is 30.0 Å². The normalized spacial score (nSPS) is 11.6. The van der Waals surface area contributed by atoms with Crippen molar-refractivity contribution in [3.8, 4) is 5.75 Å². The fraction of sp³-hybridized carbons (Fsp3) is 0.467. The molecule has 0 radical (unpaired) electrons. The zero-order chi connectivity index (χ0) is 15.0. The van der Waals surface area contributed by atoms with Crippen molar-refractivity contribution >= 4 is 11.9 Å². The Hall–Kier alpha value is -2.04. The molecular weight excluding hydrogens is 260 g/mol. The number of benzene rings is 1. The van der Waals surface area contributed by atoms with E-state index in [0.717, 1.165) is 11.3 Å². The summed E-state index contributed by atoms with van der Waals surface area (Å²) < 4.78 is 14.4. The van der Waals surface area contributed by atoms with E-state index in [1.807, 2.05) is 24.3 Å². The van der Waals surface area contributed by atoms with Crippen molar-refractivity contribution in [2.75, 3.05) is 21.3 Å². The molecule has 0 saturated heterocycles. The molecular formula is C15H20O5. The molecule has 0 aliphatic rings. The maximum atomic E-state index is 11.5. The minimum Gasteiger partial charge on any atom is -0.497 e. The Morgan fingerprint density at radius 3 is 2.10 bits per heavy atom. The summed E-state index contributed by atoms with van der Waals surface area (Å²) in [6.45, 7) is 0. The monoisotopic (exact) mass is 280 g/mol. The zero-order valence-corrected chi connectivity index (χ0v) is 12.0. The molecule has 20 heavy (non-hydrogen) atoms. The molecule has 0 aliphatic carbocycles. The molecule has 0 aromatic heterocycles. The second-order valence-corrected chi connectivity index (χ2v) is 4.37. The van der Waals surface area contributed by atoms with Crippen LogP contribution in [0.25, 0.3) is 0 Å². The van der Waals surface area contributed by atoms with Gasteiger partial charge in [0, 0.05) is 6.42 Å². The Morgan fingerprint density at radius 1 is 1.00 bits per heavy atom. The fourth-order valence-corrected chi connectivity index (χ4v) is 1.94. The van der Waals surface area contributed by atoms with E-state index < -0.39 is 0 Å². The van der Waals surface area contributed by atoms with Crippen LogP contribution in [-0.4, -0.2) is 33.3 Å². The molecule has 5 heteroatoms. The zero-order valence-electron chi connectivity index (χ0n) is 12.0. The number of rotatable bonds is 7. The van der Waals surface area contributed by atoms with Crippen LogP contribution >= 0.6 is 0 Å². The summed E-state index contributed by atoms with van der Waals surface area (Å²) in [4.78, 5) is 22.7. The Morgan fingerprint density at radius 2 is 1.60 bits per heavy atom. The van der Waals surface area contributed by atoms with Gasteiger partial charge in [0.1, 0.15) is 5.75 Å². The summed E-state index contributed by atoms with van der Waals surface area (Å²) >= 11 is 0. The number of hydrogen-bond acceptors (Lipinski definition) is 5. The van der Waals surface area contributed by atoms with Gasteiger partial charge in [-0.2, -0.15) is 0 Å². The van der Waals surface area contributed by atoms with Gasteiger partial charge in [0.15, 0.2) is 0 Å². The number of carbonyl (C=O) groups is 2. The Labute approximate surface area is 118 Å². The van der Waals surface area contributed by atoms with E-state index in [2.05, 4.69) is 4.74 Å². The molecule has 110 valence electrons. The molecule has 1 aromatic rings. The van der Waals surface area contributed by atoms with Crippen LogP contribution in [0.3, 0.4) is 0 Å². The lowest BCUT2D eigenvalue weighted by atomic mass is 9.91. The van der Waals surface area contributed by atoms with E-state index >= 15 is 0 Å². The first-order chi connectivity index (χ1) is 9.60. The van der Waals surface area contributed by atoms with E-state index in [1.165, 1.54) is 14.2 Å². The smallest absolute Gasteiger partial charge is 0.306 e. The molecule has 5 nitrogen and oxygen atoms in total. The van der Waals surface area contributed by atoms with Crippen LogP contribution in [0.1, 0.15) is 30.7 Å². The Bertz CT molecular complexity index is 438. The molecule has 1 rings (SSSR count). The van der Waals surface area contributed by atoms with Crippen molar-refractivity contribution in [2.24, 2.45) is 0 Å². The van der Waals surface area contributed by atoms with Crippen molar-refractivity contribution in [2.45, 2.75) is 25.2 Å². The van der Waals surface area contributed by atoms with Crippen LogP contribution in [0.15, 0.2) is 24.3 Å². The van der Waals surface area contributed by atoms with Gasteiger partial charge >= 0.3 is 11.9 Å². The summed E-state index contributed by atoms with van der Waals surface area (Å²) in [6, 6.07) is 7.45. The molecule has 1 aromatic carbocycles. The average Bonchev–Trinajstić information content (AvgIpc) is 2.50. The highest BCUT2D eigenvalue weighted by Gasteiger charge is 2.18. The van der Waals surface area contributed by atoms with Gasteiger partial charge in [0.2, 0.25) is 0 Å². The summed E-state index contributed by atoms with van der Waals surface area (Å²) in [5.41, 5.74) is 0.972. The molecule has 0 spiro atoms. The minimum absolute atomic E-state index is 0.0764. The number of hydrogen-bond donors (Lipinski definition) is 0. The van der Waals surface area contributed by atoms with E-state index in [-0.39, 0.29) is 30.7 Å². The summed E-state index contributed by atoms with van der Waals surface area (Å²) in [5, 5.41) is 0. The highest BCUT2D eigenvalue weighted by molar-refractivity contribution is 5.71. The summed E-state index contributed by atoms with van der Waals surface area (Å²) in [5.74, 6) is 0.0926. The largest absolute Gasteiger partial charge is 0.497 e. The SMILES string of the molecule is COC(=O)CCC(CC(=O)OC)c1ccc(OC)cc1. The molecule has 0 amide bonds.